The molecule has 4 nitrogen and oxygen atoms in total. The minimum absolute atomic E-state index is 0.250. The average molecular weight is 244 g/mol. The summed E-state index contributed by atoms with van der Waals surface area (Å²) >= 11 is 0. The van der Waals surface area contributed by atoms with Gasteiger partial charge in [-0.25, -0.2) is 9.59 Å². The highest BCUT2D eigenvalue weighted by Gasteiger charge is 2.25. The summed E-state index contributed by atoms with van der Waals surface area (Å²) < 4.78 is 0. The molecule has 0 saturated carbocycles. The van der Waals surface area contributed by atoms with Crippen LogP contribution in [0.4, 0.5) is 0 Å². The van der Waals surface area contributed by atoms with Crippen LogP contribution in [0, 0.1) is 0 Å². The van der Waals surface area contributed by atoms with Crippen LogP contribution in [0.15, 0.2) is 34.3 Å². The Morgan fingerprint density at radius 2 is 1.89 bits per heavy atom. The van der Waals surface area contributed by atoms with Crippen LogP contribution < -0.4 is 0 Å². The molecule has 0 aliphatic rings. The van der Waals surface area contributed by atoms with Gasteiger partial charge in [-0.15, -0.1) is 0 Å². The van der Waals surface area contributed by atoms with Gasteiger partial charge in [0, 0.05) is 0 Å². The summed E-state index contributed by atoms with van der Waals surface area (Å²) in [7, 11) is 0. The third kappa shape index (κ3) is 3.01. The molecule has 1 aromatic rings. The Labute approximate surface area is 106 Å². The predicted octanol–water partition coefficient (Wildman–Crippen LogP) is 3.04. The first-order valence-electron chi connectivity index (χ1n) is 5.82. The molecule has 0 heterocycles. The summed E-state index contributed by atoms with van der Waals surface area (Å²) in [5, 5.41) is 0. The summed E-state index contributed by atoms with van der Waals surface area (Å²) in [4.78, 5) is 28.6. The maximum atomic E-state index is 10.5. The predicted molar refractivity (Wildman–Crippen MR) is 68.7 cm³/mol. The standard InChI is InChI=1S/C14H16N2O2/c1-4-13(15-9-17)11-7-5-6-8-12(11)14(2,3)16-10-18/h5-8,13H,4H2,1-3H3. The lowest BCUT2D eigenvalue weighted by Crippen LogP contribution is -2.17. The van der Waals surface area contributed by atoms with Crippen molar-refractivity contribution < 1.29 is 9.59 Å². The zero-order valence-corrected chi connectivity index (χ0v) is 10.8. The molecular formula is C14H16N2O2. The lowest BCUT2D eigenvalue weighted by Gasteiger charge is -2.23. The molecule has 1 rings (SSSR count). The monoisotopic (exact) mass is 244 g/mol. The van der Waals surface area contributed by atoms with Gasteiger partial charge in [0.25, 0.3) is 0 Å². The van der Waals surface area contributed by atoms with E-state index >= 15 is 0 Å². The van der Waals surface area contributed by atoms with E-state index in [2.05, 4.69) is 9.98 Å². The van der Waals surface area contributed by atoms with Gasteiger partial charge < -0.3 is 0 Å². The molecule has 0 amide bonds. The quantitative estimate of drug-likeness (QED) is 0.590. The van der Waals surface area contributed by atoms with Crippen LogP contribution in [-0.4, -0.2) is 12.2 Å². The van der Waals surface area contributed by atoms with Crippen molar-refractivity contribution >= 4 is 12.2 Å². The summed E-state index contributed by atoms with van der Waals surface area (Å²) in [6.07, 6.45) is 3.87. The fourth-order valence-corrected chi connectivity index (χ4v) is 1.96. The van der Waals surface area contributed by atoms with Crippen molar-refractivity contribution in [3.05, 3.63) is 35.4 Å². The third-order valence-corrected chi connectivity index (χ3v) is 2.90. The Bertz CT molecular complexity index is 510. The molecule has 0 aromatic heterocycles. The number of hydrogen-bond acceptors (Lipinski definition) is 4. The fourth-order valence-electron chi connectivity index (χ4n) is 1.96. The van der Waals surface area contributed by atoms with Gasteiger partial charge in [0.1, 0.15) is 0 Å². The summed E-state index contributed by atoms with van der Waals surface area (Å²) in [6.45, 7) is 5.60. The summed E-state index contributed by atoms with van der Waals surface area (Å²) in [6, 6.07) is 7.28. The lowest BCUT2D eigenvalue weighted by molar-refractivity contribution is 0.512. The van der Waals surface area contributed by atoms with Crippen LogP contribution in [0.2, 0.25) is 0 Å². The molecule has 0 radical (unpaired) electrons. The summed E-state index contributed by atoms with van der Waals surface area (Å²) in [5.41, 5.74) is 1.09. The van der Waals surface area contributed by atoms with E-state index in [0.29, 0.717) is 6.42 Å². The highest BCUT2D eigenvalue weighted by atomic mass is 16.1. The molecule has 18 heavy (non-hydrogen) atoms. The Hall–Kier alpha value is -2.02. The van der Waals surface area contributed by atoms with Crippen molar-refractivity contribution in [2.75, 3.05) is 0 Å². The first-order valence-corrected chi connectivity index (χ1v) is 5.82. The number of nitrogens with zero attached hydrogens (tertiary/aromatic N) is 2. The Kier molecular flexibility index (Phi) is 4.73. The van der Waals surface area contributed by atoms with Gasteiger partial charge in [0.15, 0.2) is 0 Å². The molecule has 4 heteroatoms. The molecule has 0 spiro atoms. The number of benzene rings is 1. The third-order valence-electron chi connectivity index (χ3n) is 2.90. The second-order valence-electron chi connectivity index (χ2n) is 4.49. The molecule has 0 aliphatic heterocycles. The molecule has 1 unspecified atom stereocenters. The van der Waals surface area contributed by atoms with Crippen LogP contribution in [0.1, 0.15) is 44.4 Å². The number of isocyanates is 2. The van der Waals surface area contributed by atoms with Crippen molar-refractivity contribution in [2.45, 2.75) is 38.8 Å². The van der Waals surface area contributed by atoms with Crippen LogP contribution in [0.25, 0.3) is 0 Å². The zero-order chi connectivity index (χ0) is 13.6. The Morgan fingerprint density at radius 3 is 2.44 bits per heavy atom. The van der Waals surface area contributed by atoms with Crippen LogP contribution in [-0.2, 0) is 15.1 Å². The lowest BCUT2D eigenvalue weighted by atomic mass is 9.87. The van der Waals surface area contributed by atoms with E-state index < -0.39 is 5.54 Å². The van der Waals surface area contributed by atoms with Gasteiger partial charge in [-0.2, -0.15) is 9.98 Å². The maximum Gasteiger partial charge on any atom is 0.235 e. The van der Waals surface area contributed by atoms with Crippen LogP contribution in [0.5, 0.6) is 0 Å². The molecule has 0 saturated heterocycles. The molecular weight excluding hydrogens is 228 g/mol. The number of rotatable bonds is 5. The van der Waals surface area contributed by atoms with Crippen molar-refractivity contribution in [3.63, 3.8) is 0 Å². The minimum Gasteiger partial charge on any atom is -0.211 e. The molecule has 0 fully saturated rings. The number of hydrogen-bond donors (Lipinski definition) is 0. The van der Waals surface area contributed by atoms with Gasteiger partial charge in [0.2, 0.25) is 12.2 Å². The molecule has 94 valence electrons. The van der Waals surface area contributed by atoms with Gasteiger partial charge in [-0.05, 0) is 31.4 Å². The van der Waals surface area contributed by atoms with E-state index in [0.717, 1.165) is 11.1 Å². The highest BCUT2D eigenvalue weighted by molar-refractivity contribution is 5.42. The second-order valence-corrected chi connectivity index (χ2v) is 4.49. The van der Waals surface area contributed by atoms with E-state index in [9.17, 15) is 9.59 Å². The zero-order valence-electron chi connectivity index (χ0n) is 10.8. The fraction of sp³-hybridized carbons (Fsp3) is 0.429. The van der Waals surface area contributed by atoms with Gasteiger partial charge >= 0.3 is 0 Å². The average Bonchev–Trinajstić information content (AvgIpc) is 2.36. The van der Waals surface area contributed by atoms with Crippen molar-refractivity contribution in [1.82, 2.24) is 0 Å². The molecule has 1 atom stereocenters. The SMILES string of the molecule is CCC(N=C=O)c1ccccc1C(C)(C)N=C=O. The normalized spacial score (nSPS) is 12.2. The van der Waals surface area contributed by atoms with E-state index in [4.69, 9.17) is 0 Å². The van der Waals surface area contributed by atoms with Crippen LogP contribution >= 0.6 is 0 Å². The number of carbonyl (C=O) groups excluding carboxylic acids is 2. The Balaban J connectivity index is 3.38. The molecule has 0 bridgehead atoms. The smallest absolute Gasteiger partial charge is 0.211 e. The summed E-state index contributed by atoms with van der Waals surface area (Å²) in [5.74, 6) is 0. The highest BCUT2D eigenvalue weighted by Crippen LogP contribution is 2.33. The van der Waals surface area contributed by atoms with E-state index in [1.807, 2.05) is 45.0 Å². The molecule has 0 N–H and O–H groups in total. The van der Waals surface area contributed by atoms with E-state index in [1.54, 1.807) is 12.2 Å². The van der Waals surface area contributed by atoms with Crippen molar-refractivity contribution in [1.29, 1.82) is 0 Å². The number of aliphatic imine (C=N–C) groups is 2. The maximum absolute atomic E-state index is 10.5. The Morgan fingerprint density at radius 1 is 1.22 bits per heavy atom. The largest absolute Gasteiger partial charge is 0.235 e. The first kappa shape index (κ1) is 14.0. The topological polar surface area (TPSA) is 58.9 Å². The van der Waals surface area contributed by atoms with E-state index in [-0.39, 0.29) is 6.04 Å². The second kappa shape index (κ2) is 6.06. The molecule has 1 aromatic carbocycles. The van der Waals surface area contributed by atoms with Crippen LogP contribution in [0.3, 0.4) is 0 Å². The van der Waals surface area contributed by atoms with Gasteiger partial charge in [-0.1, -0.05) is 31.2 Å². The van der Waals surface area contributed by atoms with Crippen molar-refractivity contribution in [2.24, 2.45) is 9.98 Å². The van der Waals surface area contributed by atoms with Crippen molar-refractivity contribution in [3.8, 4) is 0 Å². The van der Waals surface area contributed by atoms with Gasteiger partial charge in [-0.3, -0.25) is 0 Å². The van der Waals surface area contributed by atoms with E-state index in [1.165, 1.54) is 0 Å². The first-order chi connectivity index (χ1) is 8.56. The minimum atomic E-state index is -0.676. The van der Waals surface area contributed by atoms with Gasteiger partial charge in [0.05, 0.1) is 11.6 Å². The molecule has 0 aliphatic carbocycles.